The normalized spacial score (nSPS) is 14.7. The fraction of sp³-hybridized carbons (Fsp3) is 0.306. The minimum Gasteiger partial charge on any atom is -0.488 e. The van der Waals surface area contributed by atoms with Crippen molar-refractivity contribution in [2.24, 2.45) is 5.73 Å². The van der Waals surface area contributed by atoms with Crippen LogP contribution in [0.1, 0.15) is 124 Å². The van der Waals surface area contributed by atoms with E-state index < -0.39 is 11.2 Å². The van der Waals surface area contributed by atoms with Crippen molar-refractivity contribution < 1.29 is 28.5 Å². The summed E-state index contributed by atoms with van der Waals surface area (Å²) in [5.74, 6) is 1.99. The third-order valence-electron chi connectivity index (χ3n) is 14.6. The van der Waals surface area contributed by atoms with E-state index in [0.29, 0.717) is 92.3 Å². The highest BCUT2D eigenvalue weighted by Crippen LogP contribution is 2.40. The molecule has 2 aliphatic rings. The van der Waals surface area contributed by atoms with Crippen molar-refractivity contribution in [2.45, 2.75) is 117 Å². The van der Waals surface area contributed by atoms with E-state index in [1.807, 2.05) is 224 Å². The number of carbonyl (C=O) groups excluding carboxylic acids is 2. The van der Waals surface area contributed by atoms with Crippen LogP contribution in [-0.4, -0.2) is 69.3 Å². The highest BCUT2D eigenvalue weighted by Gasteiger charge is 2.33. The Morgan fingerprint density at radius 3 is 1.36 bits per heavy atom. The van der Waals surface area contributed by atoms with Gasteiger partial charge in [0.15, 0.2) is 0 Å². The Bertz CT molecular complexity index is 3620. The second kappa shape index (κ2) is 30.4. The Morgan fingerprint density at radius 2 is 0.943 bits per heavy atom. The van der Waals surface area contributed by atoms with E-state index in [0.717, 1.165) is 64.6 Å². The number of hydrogen-bond donors (Lipinski definition) is 3. The first-order valence-electron chi connectivity index (χ1n) is 29.6. The van der Waals surface area contributed by atoms with E-state index in [-0.39, 0.29) is 29.8 Å². The van der Waals surface area contributed by atoms with Crippen molar-refractivity contribution in [3.05, 3.63) is 226 Å². The quantitative estimate of drug-likeness (QED) is 0.0925. The van der Waals surface area contributed by atoms with Crippen LogP contribution in [0.15, 0.2) is 182 Å². The van der Waals surface area contributed by atoms with Crippen molar-refractivity contribution in [1.29, 1.82) is 10.5 Å². The topological polar surface area (TPSA) is 215 Å². The van der Waals surface area contributed by atoms with Crippen molar-refractivity contribution in [1.82, 2.24) is 19.8 Å². The molecule has 2 fully saturated rings. The first-order chi connectivity index (χ1) is 42.0. The van der Waals surface area contributed by atoms with Gasteiger partial charge in [-0.05, 0) is 137 Å². The number of hydrogen-bond acceptors (Lipinski definition) is 13. The van der Waals surface area contributed by atoms with Gasteiger partial charge in [0, 0.05) is 62.2 Å². The molecule has 2 atom stereocenters. The highest BCUT2D eigenvalue weighted by atomic mass is 16.6. The number of anilines is 2. The van der Waals surface area contributed by atoms with Crippen LogP contribution in [0.4, 0.5) is 21.2 Å². The first-order valence-corrected chi connectivity index (χ1v) is 29.6. The molecule has 2 saturated heterocycles. The summed E-state index contributed by atoms with van der Waals surface area (Å²) in [7, 11) is 0. The van der Waals surface area contributed by atoms with Gasteiger partial charge in [-0.25, -0.2) is 19.6 Å². The first kappa shape index (κ1) is 63.3. The molecule has 2 aliphatic heterocycles. The predicted molar refractivity (Wildman–Crippen MR) is 342 cm³/mol. The Morgan fingerprint density at radius 1 is 0.552 bits per heavy atom. The smallest absolute Gasteiger partial charge is 0.410 e. The van der Waals surface area contributed by atoms with Crippen LogP contribution in [-0.2, 0) is 35.8 Å². The number of nitrogen functional groups attached to an aromatic ring is 1. The molecule has 2 unspecified atom stereocenters. The van der Waals surface area contributed by atoms with Crippen molar-refractivity contribution >= 4 is 23.8 Å². The maximum absolute atomic E-state index is 13.0. The number of carbonyl (C=O) groups is 2. The molecule has 15 nitrogen and oxygen atoms in total. The number of pyridine rings is 2. The standard InChI is InChI=1S/C36H38N4O3.C29H32N4O3.C7H9N/c1-36(2,3)43-35(41)40-20-12-17-28(24-40)30-21-32(39-34(31(30)22-37)38-23-26-13-6-4-7-14-26)29-18-10-11-19-33(29)42-25-27-15-8-5-9-16-27;1-29(2,3)36-28(34)33-15-9-12-21(18-33)23-16-25(32-27(31)24(23)17-30)22-13-7-8-14-26(22)35-19-20-10-5-4-6-11-20;8-6-7-4-2-1-3-5-7/h4-11,13-16,18-19,21,28H,12,17,20,23-25H2,1-3H3,(H,38,39);4-8,10-11,13-14,16,21H,9,12,15,18-19H2,1-3H3,(H2,31,32);1-5H,6,8H2. The van der Waals surface area contributed by atoms with Gasteiger partial charge in [0.05, 0.1) is 22.5 Å². The number of rotatable bonds is 14. The zero-order valence-electron chi connectivity index (χ0n) is 50.7. The Balaban J connectivity index is 0.000000202. The van der Waals surface area contributed by atoms with E-state index >= 15 is 0 Å². The summed E-state index contributed by atoms with van der Waals surface area (Å²) < 4.78 is 23.7. The molecule has 2 amide bonds. The fourth-order valence-corrected chi connectivity index (χ4v) is 10.4. The average molecular weight is 1170 g/mol. The number of benzene rings is 6. The lowest BCUT2D eigenvalue weighted by atomic mass is 9.87. The van der Waals surface area contributed by atoms with Gasteiger partial charge in [-0.15, -0.1) is 0 Å². The Kier molecular flexibility index (Phi) is 22.1. The molecule has 0 aliphatic carbocycles. The predicted octanol–water partition coefficient (Wildman–Crippen LogP) is 15.0. The molecule has 87 heavy (non-hydrogen) atoms. The van der Waals surface area contributed by atoms with Gasteiger partial charge in [-0.1, -0.05) is 146 Å². The summed E-state index contributed by atoms with van der Waals surface area (Å²) in [5.41, 5.74) is 20.4. The third-order valence-corrected chi connectivity index (χ3v) is 14.6. The van der Waals surface area contributed by atoms with Crippen molar-refractivity contribution in [3.8, 4) is 46.2 Å². The second-order valence-electron chi connectivity index (χ2n) is 23.5. The third kappa shape index (κ3) is 18.4. The Labute approximate surface area is 512 Å². The number of amides is 2. The highest BCUT2D eigenvalue weighted by molar-refractivity contribution is 5.74. The molecule has 15 heteroatoms. The van der Waals surface area contributed by atoms with Crippen LogP contribution in [0.25, 0.3) is 22.5 Å². The molecule has 0 radical (unpaired) electrons. The molecular formula is C72H79N9O6. The molecular weight excluding hydrogens is 1090 g/mol. The minimum atomic E-state index is -0.580. The van der Waals surface area contributed by atoms with Crippen molar-refractivity contribution in [3.63, 3.8) is 0 Å². The van der Waals surface area contributed by atoms with Gasteiger partial charge < -0.3 is 45.5 Å². The number of ether oxygens (including phenoxy) is 4. The van der Waals surface area contributed by atoms with E-state index in [4.69, 9.17) is 35.4 Å². The largest absolute Gasteiger partial charge is 0.488 e. The molecule has 10 rings (SSSR count). The van der Waals surface area contributed by atoms with Crippen LogP contribution < -0.4 is 26.3 Å². The van der Waals surface area contributed by atoms with Gasteiger partial charge >= 0.3 is 12.2 Å². The van der Waals surface area contributed by atoms with E-state index in [1.165, 1.54) is 5.56 Å². The zero-order valence-corrected chi connectivity index (χ0v) is 50.7. The molecule has 8 aromatic rings. The van der Waals surface area contributed by atoms with Crippen molar-refractivity contribution in [2.75, 3.05) is 37.2 Å². The number of para-hydroxylation sites is 2. The molecule has 448 valence electrons. The van der Waals surface area contributed by atoms with Gasteiger partial charge in [0.1, 0.15) is 59.7 Å². The SMILES string of the molecule is CC(C)(C)OC(=O)N1CCCC(c2cc(-c3ccccc3OCc3ccccc3)nc(N)c2C#N)C1.CC(C)(C)OC(=O)N1CCCC(c2cc(-c3ccccc3OCc3ccccc3)nc(NCc3ccccc3)c2C#N)C1.NCc1ccccc1. The maximum Gasteiger partial charge on any atom is 0.410 e. The molecule has 0 saturated carbocycles. The van der Waals surface area contributed by atoms with Gasteiger partial charge in [-0.3, -0.25) is 0 Å². The molecule has 0 bridgehead atoms. The van der Waals surface area contributed by atoms with E-state index in [2.05, 4.69) is 22.4 Å². The summed E-state index contributed by atoms with van der Waals surface area (Å²) in [6, 6.07) is 64.1. The van der Waals surface area contributed by atoms with Crippen LogP contribution in [0.2, 0.25) is 0 Å². The fourth-order valence-electron chi connectivity index (χ4n) is 10.4. The number of nitriles is 2. The summed E-state index contributed by atoms with van der Waals surface area (Å²) in [4.78, 5) is 38.7. The zero-order chi connectivity index (χ0) is 61.8. The molecule has 2 aromatic heterocycles. The summed E-state index contributed by atoms with van der Waals surface area (Å²) in [6.45, 7) is 15.4. The summed E-state index contributed by atoms with van der Waals surface area (Å²) in [5, 5.41) is 23.7. The number of aromatic nitrogens is 2. The Hall–Kier alpha value is -9.70. The van der Waals surface area contributed by atoms with Crippen LogP contribution in [0, 0.1) is 22.7 Å². The maximum atomic E-state index is 13.0. The lowest BCUT2D eigenvalue weighted by molar-refractivity contribution is 0.0188. The van der Waals surface area contributed by atoms with E-state index in [9.17, 15) is 20.1 Å². The van der Waals surface area contributed by atoms with Crippen LogP contribution >= 0.6 is 0 Å². The lowest BCUT2D eigenvalue weighted by Crippen LogP contribution is -2.42. The minimum absolute atomic E-state index is 0.0488. The molecule has 5 N–H and O–H groups in total. The number of nitrogens with two attached hydrogens (primary N) is 2. The van der Waals surface area contributed by atoms with Gasteiger partial charge in [-0.2, -0.15) is 10.5 Å². The van der Waals surface area contributed by atoms with Crippen LogP contribution in [0.5, 0.6) is 11.5 Å². The average Bonchev–Trinajstić information content (AvgIpc) is 3.47. The number of nitrogens with zero attached hydrogens (tertiary/aromatic N) is 6. The second-order valence-corrected chi connectivity index (χ2v) is 23.5. The lowest BCUT2D eigenvalue weighted by Gasteiger charge is -2.35. The van der Waals surface area contributed by atoms with E-state index in [1.54, 1.807) is 9.80 Å². The number of nitrogens with one attached hydrogen (secondary N) is 1. The molecule has 6 aromatic carbocycles. The monoisotopic (exact) mass is 1170 g/mol. The molecule has 0 spiro atoms. The number of likely N-dealkylation sites (tertiary alicyclic amines) is 2. The van der Waals surface area contributed by atoms with Gasteiger partial charge in [0.2, 0.25) is 0 Å². The number of piperidine rings is 2. The van der Waals surface area contributed by atoms with Crippen LogP contribution in [0.3, 0.4) is 0 Å². The van der Waals surface area contributed by atoms with Gasteiger partial charge in [0.25, 0.3) is 0 Å². The summed E-state index contributed by atoms with van der Waals surface area (Å²) in [6.07, 6.45) is 2.64. The molecule has 4 heterocycles. The summed E-state index contributed by atoms with van der Waals surface area (Å²) >= 11 is 0.